The molecule has 0 saturated heterocycles. The van der Waals surface area contributed by atoms with E-state index in [1.165, 1.54) is 6.07 Å². The van der Waals surface area contributed by atoms with Gasteiger partial charge in [-0.05, 0) is 30.3 Å². The van der Waals surface area contributed by atoms with Gasteiger partial charge in [0.05, 0.1) is 28.7 Å². The number of anilines is 3. The molecule has 0 aliphatic heterocycles. The first kappa shape index (κ1) is 11.5. The van der Waals surface area contributed by atoms with Crippen LogP contribution in [-0.4, -0.2) is 9.55 Å². The zero-order valence-corrected chi connectivity index (χ0v) is 10.4. The summed E-state index contributed by atoms with van der Waals surface area (Å²) < 4.78 is 15.6. The molecule has 0 spiro atoms. The normalized spacial score (nSPS) is 10.8. The Morgan fingerprint density at radius 2 is 2.11 bits per heavy atom. The molecule has 3 N–H and O–H groups in total. The van der Waals surface area contributed by atoms with Gasteiger partial charge in [-0.15, -0.1) is 0 Å². The van der Waals surface area contributed by atoms with Crippen molar-refractivity contribution < 1.29 is 4.39 Å². The van der Waals surface area contributed by atoms with E-state index in [4.69, 9.17) is 5.73 Å². The number of rotatable bonds is 2. The van der Waals surface area contributed by atoms with Gasteiger partial charge in [-0.2, -0.15) is 0 Å². The van der Waals surface area contributed by atoms with E-state index >= 15 is 0 Å². The molecule has 19 heavy (non-hydrogen) atoms. The Kier molecular flexibility index (Phi) is 2.59. The summed E-state index contributed by atoms with van der Waals surface area (Å²) in [7, 11) is 1.93. The number of nitrogens with zero attached hydrogens (tertiary/aromatic N) is 2. The first-order valence-electron chi connectivity index (χ1n) is 5.87. The fraction of sp³-hybridized carbons (Fsp3) is 0.0714. The smallest absolute Gasteiger partial charge is 0.148 e. The summed E-state index contributed by atoms with van der Waals surface area (Å²) in [4.78, 5) is 4.26. The zero-order valence-electron chi connectivity index (χ0n) is 10.4. The number of nitrogens with one attached hydrogen (secondary N) is 1. The number of hydrogen-bond acceptors (Lipinski definition) is 3. The predicted molar refractivity (Wildman–Crippen MR) is 74.8 cm³/mol. The molecule has 1 aromatic heterocycles. The Balaban J connectivity index is 2.01. The van der Waals surface area contributed by atoms with Gasteiger partial charge in [0.25, 0.3) is 0 Å². The summed E-state index contributed by atoms with van der Waals surface area (Å²) in [5, 5.41) is 2.99. The van der Waals surface area contributed by atoms with Gasteiger partial charge in [0.1, 0.15) is 5.82 Å². The number of benzene rings is 2. The molecule has 0 saturated carbocycles. The van der Waals surface area contributed by atoms with Crippen LogP contribution in [-0.2, 0) is 7.05 Å². The fourth-order valence-electron chi connectivity index (χ4n) is 2.03. The van der Waals surface area contributed by atoms with E-state index in [0.717, 1.165) is 16.7 Å². The minimum atomic E-state index is -0.374. The van der Waals surface area contributed by atoms with E-state index < -0.39 is 0 Å². The number of aromatic nitrogens is 2. The summed E-state index contributed by atoms with van der Waals surface area (Å²) in [6.45, 7) is 0. The van der Waals surface area contributed by atoms with Crippen LogP contribution < -0.4 is 11.1 Å². The third kappa shape index (κ3) is 1.99. The molecule has 3 aromatic rings. The van der Waals surface area contributed by atoms with Crippen molar-refractivity contribution in [2.45, 2.75) is 0 Å². The van der Waals surface area contributed by atoms with Crippen molar-refractivity contribution >= 4 is 28.1 Å². The van der Waals surface area contributed by atoms with Crippen molar-refractivity contribution in [1.82, 2.24) is 9.55 Å². The molecule has 5 heteroatoms. The van der Waals surface area contributed by atoms with Crippen molar-refractivity contribution in [3.8, 4) is 0 Å². The number of nitrogen functional groups attached to an aromatic ring is 1. The quantitative estimate of drug-likeness (QED) is 0.693. The van der Waals surface area contributed by atoms with Gasteiger partial charge in [0.15, 0.2) is 0 Å². The van der Waals surface area contributed by atoms with Crippen LogP contribution in [0.25, 0.3) is 11.0 Å². The molecule has 1 heterocycles. The van der Waals surface area contributed by atoms with Crippen LogP contribution in [0.3, 0.4) is 0 Å². The molecule has 96 valence electrons. The van der Waals surface area contributed by atoms with Gasteiger partial charge in [-0.3, -0.25) is 0 Å². The summed E-state index contributed by atoms with van der Waals surface area (Å²) in [5.74, 6) is -0.374. The molecule has 0 atom stereocenters. The lowest BCUT2D eigenvalue weighted by atomic mass is 10.2. The maximum atomic E-state index is 13.7. The molecule has 0 aliphatic carbocycles. The van der Waals surface area contributed by atoms with Crippen molar-refractivity contribution in [3.05, 3.63) is 48.5 Å². The number of imidazole rings is 1. The monoisotopic (exact) mass is 256 g/mol. The number of aryl methyl sites for hydroxylation is 1. The van der Waals surface area contributed by atoms with Crippen molar-refractivity contribution in [2.75, 3.05) is 11.1 Å². The van der Waals surface area contributed by atoms with Crippen molar-refractivity contribution in [3.63, 3.8) is 0 Å². The minimum absolute atomic E-state index is 0.290. The third-order valence-corrected chi connectivity index (χ3v) is 3.04. The molecular weight excluding hydrogens is 243 g/mol. The number of hydrogen-bond donors (Lipinski definition) is 2. The van der Waals surface area contributed by atoms with Crippen LogP contribution in [0.2, 0.25) is 0 Å². The Hall–Kier alpha value is -2.56. The zero-order chi connectivity index (χ0) is 13.4. The maximum Gasteiger partial charge on any atom is 0.148 e. The molecule has 0 fully saturated rings. The van der Waals surface area contributed by atoms with Crippen LogP contribution in [0.4, 0.5) is 21.5 Å². The highest BCUT2D eigenvalue weighted by atomic mass is 19.1. The molecule has 0 bridgehead atoms. The lowest BCUT2D eigenvalue weighted by Crippen LogP contribution is -1.99. The second-order valence-corrected chi connectivity index (χ2v) is 4.39. The average molecular weight is 256 g/mol. The summed E-state index contributed by atoms with van der Waals surface area (Å²) in [6.07, 6.45) is 1.74. The molecule has 0 aliphatic rings. The van der Waals surface area contributed by atoms with Gasteiger partial charge in [-0.1, -0.05) is 6.07 Å². The van der Waals surface area contributed by atoms with Crippen molar-refractivity contribution in [2.24, 2.45) is 7.05 Å². The minimum Gasteiger partial charge on any atom is -0.397 e. The van der Waals surface area contributed by atoms with Crippen LogP contribution in [0.15, 0.2) is 42.7 Å². The Morgan fingerprint density at radius 1 is 1.26 bits per heavy atom. The number of fused-ring (bicyclic) bond motifs is 1. The van der Waals surface area contributed by atoms with Gasteiger partial charge in [0, 0.05) is 12.7 Å². The molecule has 4 nitrogen and oxygen atoms in total. The van der Waals surface area contributed by atoms with Crippen LogP contribution in [0.1, 0.15) is 0 Å². The Bertz CT molecular complexity index is 728. The SMILES string of the molecule is Cn1cnc2cc(Nc3c(N)cccc3F)ccc21. The molecule has 2 aromatic carbocycles. The average Bonchev–Trinajstić information content (AvgIpc) is 2.76. The van der Waals surface area contributed by atoms with Gasteiger partial charge in [-0.25, -0.2) is 9.37 Å². The summed E-state index contributed by atoms with van der Waals surface area (Å²) >= 11 is 0. The van der Waals surface area contributed by atoms with Crippen molar-refractivity contribution in [1.29, 1.82) is 0 Å². The number of para-hydroxylation sites is 1. The third-order valence-electron chi connectivity index (χ3n) is 3.04. The van der Waals surface area contributed by atoms with E-state index in [0.29, 0.717) is 5.69 Å². The van der Waals surface area contributed by atoms with Crippen LogP contribution in [0.5, 0.6) is 0 Å². The van der Waals surface area contributed by atoms with E-state index in [1.807, 2.05) is 29.8 Å². The van der Waals surface area contributed by atoms with Crippen LogP contribution >= 0.6 is 0 Å². The summed E-state index contributed by atoms with van der Waals surface area (Å²) in [5.41, 5.74) is 9.05. The van der Waals surface area contributed by atoms with Crippen LogP contribution in [0, 0.1) is 5.82 Å². The van der Waals surface area contributed by atoms with E-state index in [-0.39, 0.29) is 11.5 Å². The highest BCUT2D eigenvalue weighted by Gasteiger charge is 2.07. The van der Waals surface area contributed by atoms with Gasteiger partial charge < -0.3 is 15.6 Å². The molecule has 0 unspecified atom stereocenters. The number of nitrogens with two attached hydrogens (primary N) is 1. The topological polar surface area (TPSA) is 55.9 Å². The molecule has 3 rings (SSSR count). The first-order chi connectivity index (χ1) is 9.15. The fourth-order valence-corrected chi connectivity index (χ4v) is 2.03. The largest absolute Gasteiger partial charge is 0.397 e. The lowest BCUT2D eigenvalue weighted by Gasteiger charge is -2.10. The van der Waals surface area contributed by atoms with E-state index in [1.54, 1.807) is 18.5 Å². The Morgan fingerprint density at radius 3 is 2.89 bits per heavy atom. The predicted octanol–water partition coefficient (Wildman–Crippen LogP) is 3.04. The summed E-state index contributed by atoms with van der Waals surface area (Å²) in [6, 6.07) is 10.3. The highest BCUT2D eigenvalue weighted by Crippen LogP contribution is 2.27. The second kappa shape index (κ2) is 4.28. The first-order valence-corrected chi connectivity index (χ1v) is 5.87. The van der Waals surface area contributed by atoms with E-state index in [2.05, 4.69) is 10.3 Å². The Labute approximate surface area is 109 Å². The maximum absolute atomic E-state index is 13.7. The molecule has 0 radical (unpaired) electrons. The standard InChI is InChI=1S/C14H13FN4/c1-19-8-17-12-7-9(5-6-13(12)19)18-14-10(15)3-2-4-11(14)16/h2-8,18H,16H2,1H3. The lowest BCUT2D eigenvalue weighted by molar-refractivity contribution is 0.632. The highest BCUT2D eigenvalue weighted by molar-refractivity contribution is 5.82. The molecule has 0 amide bonds. The van der Waals surface area contributed by atoms with Gasteiger partial charge >= 0.3 is 0 Å². The second-order valence-electron chi connectivity index (χ2n) is 4.39. The van der Waals surface area contributed by atoms with E-state index in [9.17, 15) is 4.39 Å². The molecular formula is C14H13FN4. The van der Waals surface area contributed by atoms with Gasteiger partial charge in [0.2, 0.25) is 0 Å². The number of halogens is 1.